The predicted octanol–water partition coefficient (Wildman–Crippen LogP) is 2.65. The van der Waals surface area contributed by atoms with Crippen molar-refractivity contribution in [1.29, 1.82) is 0 Å². The lowest BCUT2D eigenvalue weighted by molar-refractivity contribution is 0.0775. The molecule has 2 atom stereocenters. The van der Waals surface area contributed by atoms with Gasteiger partial charge in [-0.2, -0.15) is 0 Å². The van der Waals surface area contributed by atoms with Crippen molar-refractivity contribution >= 4 is 21.8 Å². The third kappa shape index (κ3) is 1.69. The highest BCUT2D eigenvalue weighted by Gasteiger charge is 2.38. The number of nitrogens with zero attached hydrogens (tertiary/aromatic N) is 1. The van der Waals surface area contributed by atoms with Gasteiger partial charge < -0.3 is 9.88 Å². The summed E-state index contributed by atoms with van der Waals surface area (Å²) in [5, 5.41) is 0. The zero-order valence-electron chi connectivity index (χ0n) is 9.08. The minimum absolute atomic E-state index is 0.153. The fourth-order valence-electron chi connectivity index (χ4n) is 3.06. The molecule has 1 aliphatic heterocycles. The Kier molecular flexibility index (Phi) is 2.54. The number of fused-ring (bicyclic) bond motifs is 1. The first kappa shape index (κ1) is 10.4. The third-order valence-corrected chi connectivity index (χ3v) is 4.35. The summed E-state index contributed by atoms with van der Waals surface area (Å²) < 4.78 is 0.940. The number of hydrogen-bond donors (Lipinski definition) is 1. The quantitative estimate of drug-likeness (QED) is 0.845. The van der Waals surface area contributed by atoms with E-state index in [9.17, 15) is 4.79 Å². The Morgan fingerprint density at radius 3 is 2.62 bits per heavy atom. The van der Waals surface area contributed by atoms with Gasteiger partial charge in [-0.05, 0) is 46.7 Å². The number of aromatic amines is 1. The lowest BCUT2D eigenvalue weighted by Crippen LogP contribution is -2.29. The molecule has 0 spiro atoms. The van der Waals surface area contributed by atoms with Gasteiger partial charge in [0.1, 0.15) is 5.69 Å². The number of halogens is 1. The molecule has 1 amide bonds. The summed E-state index contributed by atoms with van der Waals surface area (Å²) in [6, 6.07) is 1.86. The van der Waals surface area contributed by atoms with Gasteiger partial charge in [0.25, 0.3) is 5.91 Å². The van der Waals surface area contributed by atoms with Gasteiger partial charge in [0.2, 0.25) is 0 Å². The molecule has 16 heavy (non-hydrogen) atoms. The number of nitrogens with one attached hydrogen (secondary N) is 1. The topological polar surface area (TPSA) is 36.1 Å². The maximum atomic E-state index is 12.2. The number of hydrogen-bond acceptors (Lipinski definition) is 1. The molecule has 1 aromatic rings. The summed E-state index contributed by atoms with van der Waals surface area (Å²) >= 11 is 3.36. The van der Waals surface area contributed by atoms with Crippen molar-refractivity contribution in [2.45, 2.75) is 19.3 Å². The predicted molar refractivity (Wildman–Crippen MR) is 65.2 cm³/mol. The van der Waals surface area contributed by atoms with E-state index in [0.29, 0.717) is 5.69 Å². The molecule has 3 nitrogen and oxygen atoms in total. The van der Waals surface area contributed by atoms with Crippen molar-refractivity contribution in [3.8, 4) is 0 Å². The van der Waals surface area contributed by atoms with E-state index in [1.165, 1.54) is 19.3 Å². The van der Waals surface area contributed by atoms with E-state index in [4.69, 9.17) is 0 Å². The van der Waals surface area contributed by atoms with Crippen LogP contribution in [0.5, 0.6) is 0 Å². The summed E-state index contributed by atoms with van der Waals surface area (Å²) in [5.41, 5.74) is 0.701. The summed E-state index contributed by atoms with van der Waals surface area (Å²) in [4.78, 5) is 17.2. The second kappa shape index (κ2) is 3.91. The highest BCUT2D eigenvalue weighted by Crippen LogP contribution is 2.38. The van der Waals surface area contributed by atoms with Crippen LogP contribution in [-0.2, 0) is 0 Å². The van der Waals surface area contributed by atoms with E-state index >= 15 is 0 Å². The first-order valence-electron chi connectivity index (χ1n) is 5.87. The SMILES string of the molecule is O=C(c1cc(Br)c[nH]1)N1CC2CCCC2C1. The Hall–Kier alpha value is -0.770. The van der Waals surface area contributed by atoms with E-state index < -0.39 is 0 Å². The molecule has 0 bridgehead atoms. The van der Waals surface area contributed by atoms with Crippen LogP contribution in [0.3, 0.4) is 0 Å². The maximum absolute atomic E-state index is 12.2. The number of aromatic nitrogens is 1. The monoisotopic (exact) mass is 282 g/mol. The fourth-order valence-corrected chi connectivity index (χ4v) is 3.41. The van der Waals surface area contributed by atoms with Gasteiger partial charge in [0.15, 0.2) is 0 Å². The molecule has 86 valence electrons. The standard InChI is InChI=1S/C12H15BrN2O/c13-10-4-11(14-5-10)12(16)15-6-8-2-1-3-9(8)7-15/h4-5,8-9,14H,1-3,6-7H2. The number of carbonyl (C=O) groups is 1. The summed E-state index contributed by atoms with van der Waals surface area (Å²) in [5.74, 6) is 1.69. The van der Waals surface area contributed by atoms with Crippen LogP contribution in [0.4, 0.5) is 0 Å². The van der Waals surface area contributed by atoms with Crippen molar-refractivity contribution in [3.63, 3.8) is 0 Å². The van der Waals surface area contributed by atoms with Crippen LogP contribution < -0.4 is 0 Å². The first-order valence-corrected chi connectivity index (χ1v) is 6.66. The molecular weight excluding hydrogens is 268 g/mol. The van der Waals surface area contributed by atoms with Gasteiger partial charge in [-0.25, -0.2) is 0 Å². The normalized spacial score (nSPS) is 28.4. The highest BCUT2D eigenvalue weighted by molar-refractivity contribution is 9.10. The second-order valence-electron chi connectivity index (χ2n) is 4.89. The molecule has 1 saturated heterocycles. The summed E-state index contributed by atoms with van der Waals surface area (Å²) in [6.45, 7) is 1.92. The Morgan fingerprint density at radius 2 is 2.06 bits per heavy atom. The molecule has 2 unspecified atom stereocenters. The molecular formula is C12H15BrN2O. The van der Waals surface area contributed by atoms with Crippen molar-refractivity contribution < 1.29 is 4.79 Å². The van der Waals surface area contributed by atoms with Crippen LogP contribution in [0.25, 0.3) is 0 Å². The smallest absolute Gasteiger partial charge is 0.270 e. The van der Waals surface area contributed by atoms with Crippen LogP contribution in [0.1, 0.15) is 29.8 Å². The molecule has 1 N–H and O–H groups in total. The zero-order valence-corrected chi connectivity index (χ0v) is 10.7. The Balaban J connectivity index is 1.73. The van der Waals surface area contributed by atoms with Crippen LogP contribution in [0, 0.1) is 11.8 Å². The fraction of sp³-hybridized carbons (Fsp3) is 0.583. The molecule has 0 aromatic carbocycles. The Bertz CT molecular complexity index is 403. The second-order valence-corrected chi connectivity index (χ2v) is 5.81. The molecule has 2 fully saturated rings. The molecule has 0 radical (unpaired) electrons. The minimum Gasteiger partial charge on any atom is -0.356 e. The number of likely N-dealkylation sites (tertiary alicyclic amines) is 1. The molecule has 3 rings (SSSR count). The highest BCUT2D eigenvalue weighted by atomic mass is 79.9. The lowest BCUT2D eigenvalue weighted by atomic mass is 10.0. The van der Waals surface area contributed by atoms with Gasteiger partial charge in [-0.15, -0.1) is 0 Å². The van der Waals surface area contributed by atoms with Crippen LogP contribution >= 0.6 is 15.9 Å². The molecule has 2 heterocycles. The number of amides is 1. The third-order valence-electron chi connectivity index (χ3n) is 3.89. The molecule has 1 aliphatic carbocycles. The minimum atomic E-state index is 0.153. The first-order chi connectivity index (χ1) is 7.74. The van der Waals surface area contributed by atoms with E-state index in [2.05, 4.69) is 20.9 Å². The van der Waals surface area contributed by atoms with Crippen molar-refractivity contribution in [3.05, 3.63) is 22.4 Å². The van der Waals surface area contributed by atoms with Crippen LogP contribution in [0.2, 0.25) is 0 Å². The Labute approximate surface area is 103 Å². The zero-order chi connectivity index (χ0) is 11.1. The summed E-state index contributed by atoms with van der Waals surface area (Å²) in [6.07, 6.45) is 5.78. The van der Waals surface area contributed by atoms with E-state index in [-0.39, 0.29) is 5.91 Å². The number of carbonyl (C=O) groups excluding carboxylic acids is 1. The van der Waals surface area contributed by atoms with Gasteiger partial charge in [-0.1, -0.05) is 6.42 Å². The average molecular weight is 283 g/mol. The molecule has 4 heteroatoms. The van der Waals surface area contributed by atoms with E-state index in [0.717, 1.165) is 29.4 Å². The largest absolute Gasteiger partial charge is 0.356 e. The molecule has 2 aliphatic rings. The van der Waals surface area contributed by atoms with E-state index in [1.54, 1.807) is 0 Å². The molecule has 1 aromatic heterocycles. The van der Waals surface area contributed by atoms with E-state index in [1.807, 2.05) is 17.2 Å². The van der Waals surface area contributed by atoms with Crippen LogP contribution in [-0.4, -0.2) is 28.9 Å². The average Bonchev–Trinajstić information content (AvgIpc) is 2.89. The maximum Gasteiger partial charge on any atom is 0.270 e. The van der Waals surface area contributed by atoms with Crippen molar-refractivity contribution in [2.24, 2.45) is 11.8 Å². The lowest BCUT2D eigenvalue weighted by Gasteiger charge is -2.16. The van der Waals surface area contributed by atoms with Gasteiger partial charge in [0.05, 0.1) is 0 Å². The van der Waals surface area contributed by atoms with Crippen molar-refractivity contribution in [2.75, 3.05) is 13.1 Å². The van der Waals surface area contributed by atoms with Crippen LogP contribution in [0.15, 0.2) is 16.7 Å². The summed E-state index contributed by atoms with van der Waals surface area (Å²) in [7, 11) is 0. The van der Waals surface area contributed by atoms with Gasteiger partial charge >= 0.3 is 0 Å². The Morgan fingerprint density at radius 1 is 1.38 bits per heavy atom. The number of H-pyrrole nitrogens is 1. The van der Waals surface area contributed by atoms with Gasteiger partial charge in [0, 0.05) is 23.8 Å². The van der Waals surface area contributed by atoms with Gasteiger partial charge in [-0.3, -0.25) is 4.79 Å². The molecule has 1 saturated carbocycles. The van der Waals surface area contributed by atoms with Crippen molar-refractivity contribution in [1.82, 2.24) is 9.88 Å². The number of rotatable bonds is 1.